The minimum Gasteiger partial charge on any atom is -0.488 e. The Balaban J connectivity index is 1.54. The van der Waals surface area contributed by atoms with Crippen molar-refractivity contribution in [1.82, 2.24) is 4.90 Å². The van der Waals surface area contributed by atoms with Crippen LogP contribution in [0.2, 0.25) is 10.0 Å². The van der Waals surface area contributed by atoms with Crippen LogP contribution in [0, 0.1) is 0 Å². The van der Waals surface area contributed by atoms with Gasteiger partial charge in [-0.3, -0.25) is 4.79 Å². The molecule has 0 spiro atoms. The molecule has 0 bridgehead atoms. The molecule has 2 saturated heterocycles. The maximum Gasteiger partial charge on any atom is 0.251 e. The number of likely N-dealkylation sites (tertiary alicyclic amines) is 1. The standard InChI is InChI=1S/C16H20Cl2N2O3/c17-13-3-1-10(7-14(13)18)22-12-5-6-20(9-12)16(21)15-4-2-11(8-19)23-15/h1,3,7,11-12,15H,2,4-6,8-9,19H2/t11-,12?,15+/m1/s1. The largest absolute Gasteiger partial charge is 0.488 e. The molecule has 0 saturated carbocycles. The molecule has 3 rings (SSSR count). The van der Waals surface area contributed by atoms with Crippen molar-refractivity contribution in [3.05, 3.63) is 28.2 Å². The summed E-state index contributed by atoms with van der Waals surface area (Å²) in [6.45, 7) is 1.71. The van der Waals surface area contributed by atoms with Crippen LogP contribution < -0.4 is 10.5 Å². The lowest BCUT2D eigenvalue weighted by Crippen LogP contribution is -2.39. The summed E-state index contributed by atoms with van der Waals surface area (Å²) < 4.78 is 11.6. The molecule has 7 heteroatoms. The fourth-order valence-corrected chi connectivity index (χ4v) is 3.32. The molecular weight excluding hydrogens is 339 g/mol. The van der Waals surface area contributed by atoms with Crippen LogP contribution in [0.15, 0.2) is 18.2 Å². The van der Waals surface area contributed by atoms with E-state index < -0.39 is 0 Å². The SMILES string of the molecule is NC[C@H]1CC[C@@H](C(=O)N2CCC(Oc3ccc(Cl)c(Cl)c3)C2)O1. The number of nitrogens with zero attached hydrogens (tertiary/aromatic N) is 1. The number of amides is 1. The van der Waals surface area contributed by atoms with Gasteiger partial charge in [0.2, 0.25) is 0 Å². The zero-order valence-corrected chi connectivity index (χ0v) is 14.2. The zero-order valence-electron chi connectivity index (χ0n) is 12.7. The average Bonchev–Trinajstić information content (AvgIpc) is 3.19. The summed E-state index contributed by atoms with van der Waals surface area (Å²) in [7, 11) is 0. The Hall–Kier alpha value is -1.01. The van der Waals surface area contributed by atoms with E-state index in [9.17, 15) is 4.79 Å². The summed E-state index contributed by atoms with van der Waals surface area (Å²) in [5.74, 6) is 0.709. The molecule has 3 atom stereocenters. The lowest BCUT2D eigenvalue weighted by molar-refractivity contribution is -0.141. The summed E-state index contributed by atoms with van der Waals surface area (Å²) in [5, 5.41) is 0.956. The maximum absolute atomic E-state index is 12.5. The van der Waals surface area contributed by atoms with Crippen LogP contribution in [-0.2, 0) is 9.53 Å². The van der Waals surface area contributed by atoms with Gasteiger partial charge in [-0.15, -0.1) is 0 Å². The number of hydrogen-bond acceptors (Lipinski definition) is 4. The predicted molar refractivity (Wildman–Crippen MR) is 89.0 cm³/mol. The molecule has 2 aliphatic rings. The van der Waals surface area contributed by atoms with Crippen LogP contribution >= 0.6 is 23.2 Å². The Morgan fingerprint density at radius 2 is 2.13 bits per heavy atom. The fourth-order valence-electron chi connectivity index (χ4n) is 3.03. The van der Waals surface area contributed by atoms with E-state index in [1.807, 2.05) is 4.90 Å². The summed E-state index contributed by atoms with van der Waals surface area (Å²) in [4.78, 5) is 14.3. The molecule has 0 radical (unpaired) electrons. The van der Waals surface area contributed by atoms with Crippen LogP contribution in [0.4, 0.5) is 0 Å². The minimum absolute atomic E-state index is 0.00908. The molecule has 23 heavy (non-hydrogen) atoms. The summed E-state index contributed by atoms with van der Waals surface area (Å²) in [6.07, 6.45) is 2.00. The van der Waals surface area contributed by atoms with Crippen LogP contribution in [0.1, 0.15) is 19.3 Å². The van der Waals surface area contributed by atoms with E-state index in [2.05, 4.69) is 0 Å². The van der Waals surface area contributed by atoms with Gasteiger partial charge >= 0.3 is 0 Å². The molecular formula is C16H20Cl2N2O3. The number of halogens is 2. The Bertz CT molecular complexity index is 584. The van der Waals surface area contributed by atoms with E-state index in [1.165, 1.54) is 0 Å². The van der Waals surface area contributed by atoms with Gasteiger partial charge in [0, 0.05) is 25.6 Å². The van der Waals surface area contributed by atoms with E-state index in [0.29, 0.717) is 35.4 Å². The second-order valence-corrected chi connectivity index (χ2v) is 6.76. The van der Waals surface area contributed by atoms with E-state index in [0.717, 1.165) is 19.3 Å². The topological polar surface area (TPSA) is 64.8 Å². The Kier molecular flexibility index (Phi) is 5.31. The number of hydrogen-bond donors (Lipinski definition) is 1. The number of carbonyl (C=O) groups excluding carboxylic acids is 1. The van der Waals surface area contributed by atoms with Crippen LogP contribution in [0.5, 0.6) is 5.75 Å². The predicted octanol–water partition coefficient (Wildman–Crippen LogP) is 2.48. The highest BCUT2D eigenvalue weighted by Crippen LogP contribution is 2.28. The summed E-state index contributed by atoms with van der Waals surface area (Å²) in [5.41, 5.74) is 5.59. The first-order valence-electron chi connectivity index (χ1n) is 7.83. The normalized spacial score (nSPS) is 27.4. The Morgan fingerprint density at radius 3 is 2.83 bits per heavy atom. The number of rotatable bonds is 4. The van der Waals surface area contributed by atoms with Crippen molar-refractivity contribution in [3.8, 4) is 5.75 Å². The molecule has 1 aromatic carbocycles. The van der Waals surface area contributed by atoms with E-state index >= 15 is 0 Å². The summed E-state index contributed by atoms with van der Waals surface area (Å²) >= 11 is 11.9. The van der Waals surface area contributed by atoms with Crippen molar-refractivity contribution < 1.29 is 14.3 Å². The van der Waals surface area contributed by atoms with E-state index in [4.69, 9.17) is 38.4 Å². The highest BCUT2D eigenvalue weighted by molar-refractivity contribution is 6.42. The third kappa shape index (κ3) is 3.91. The average molecular weight is 359 g/mol. The molecule has 1 amide bonds. The molecule has 2 N–H and O–H groups in total. The van der Waals surface area contributed by atoms with Gasteiger partial charge in [-0.25, -0.2) is 0 Å². The van der Waals surface area contributed by atoms with Crippen molar-refractivity contribution in [2.45, 2.75) is 37.6 Å². The van der Waals surface area contributed by atoms with Gasteiger partial charge in [0.25, 0.3) is 5.91 Å². The van der Waals surface area contributed by atoms with E-state index in [-0.39, 0.29) is 24.2 Å². The second-order valence-electron chi connectivity index (χ2n) is 5.95. The number of benzene rings is 1. The Morgan fingerprint density at radius 1 is 1.30 bits per heavy atom. The minimum atomic E-state index is -0.354. The van der Waals surface area contributed by atoms with Gasteiger partial charge in [0.1, 0.15) is 18.0 Å². The van der Waals surface area contributed by atoms with Gasteiger partial charge in [-0.1, -0.05) is 23.2 Å². The lowest BCUT2D eigenvalue weighted by Gasteiger charge is -2.21. The molecule has 2 heterocycles. The van der Waals surface area contributed by atoms with Gasteiger partial charge < -0.3 is 20.1 Å². The summed E-state index contributed by atoms with van der Waals surface area (Å²) in [6, 6.07) is 5.18. The lowest BCUT2D eigenvalue weighted by atomic mass is 10.2. The molecule has 126 valence electrons. The second kappa shape index (κ2) is 7.26. The molecule has 1 unspecified atom stereocenters. The number of ether oxygens (including phenoxy) is 2. The number of nitrogens with two attached hydrogens (primary N) is 1. The van der Waals surface area contributed by atoms with Crippen molar-refractivity contribution in [2.75, 3.05) is 19.6 Å². The quantitative estimate of drug-likeness (QED) is 0.897. The third-order valence-corrected chi connectivity index (χ3v) is 5.04. The van der Waals surface area contributed by atoms with Crippen molar-refractivity contribution in [3.63, 3.8) is 0 Å². The monoisotopic (exact) mass is 358 g/mol. The van der Waals surface area contributed by atoms with Gasteiger partial charge in [-0.05, 0) is 25.0 Å². The first kappa shape index (κ1) is 16.8. The van der Waals surface area contributed by atoms with Crippen molar-refractivity contribution in [1.29, 1.82) is 0 Å². The fraction of sp³-hybridized carbons (Fsp3) is 0.562. The highest BCUT2D eigenvalue weighted by Gasteiger charge is 2.36. The van der Waals surface area contributed by atoms with Gasteiger partial charge in [-0.2, -0.15) is 0 Å². The molecule has 0 aromatic heterocycles. The van der Waals surface area contributed by atoms with Gasteiger partial charge in [0.05, 0.1) is 22.7 Å². The van der Waals surface area contributed by atoms with Crippen LogP contribution in [-0.4, -0.2) is 48.8 Å². The van der Waals surface area contributed by atoms with Crippen molar-refractivity contribution >= 4 is 29.1 Å². The molecule has 0 aliphatic carbocycles. The smallest absolute Gasteiger partial charge is 0.251 e. The third-order valence-electron chi connectivity index (χ3n) is 4.30. The maximum atomic E-state index is 12.5. The van der Waals surface area contributed by atoms with Crippen LogP contribution in [0.25, 0.3) is 0 Å². The van der Waals surface area contributed by atoms with Gasteiger partial charge in [0.15, 0.2) is 0 Å². The zero-order chi connectivity index (χ0) is 16.4. The molecule has 1 aromatic rings. The van der Waals surface area contributed by atoms with Crippen LogP contribution in [0.3, 0.4) is 0 Å². The molecule has 5 nitrogen and oxygen atoms in total. The van der Waals surface area contributed by atoms with Crippen molar-refractivity contribution in [2.24, 2.45) is 5.73 Å². The molecule has 2 aliphatic heterocycles. The first-order valence-corrected chi connectivity index (χ1v) is 8.58. The highest BCUT2D eigenvalue weighted by atomic mass is 35.5. The number of carbonyl (C=O) groups is 1. The Labute approximate surface area is 145 Å². The first-order chi connectivity index (χ1) is 11.1. The molecule has 2 fully saturated rings. The van der Waals surface area contributed by atoms with E-state index in [1.54, 1.807) is 18.2 Å².